The first-order valence-electron chi connectivity index (χ1n) is 4.85. The summed E-state index contributed by atoms with van der Waals surface area (Å²) >= 11 is 0. The zero-order valence-corrected chi connectivity index (χ0v) is 8.75. The molecule has 82 valence electrons. The fourth-order valence-electron chi connectivity index (χ4n) is 1.01. The molecule has 0 aliphatic rings. The van der Waals surface area contributed by atoms with Gasteiger partial charge in [-0.25, -0.2) is 0 Å². The van der Waals surface area contributed by atoms with Crippen molar-refractivity contribution in [1.29, 1.82) is 0 Å². The average molecular weight is 202 g/mol. The summed E-state index contributed by atoms with van der Waals surface area (Å²) in [6, 6.07) is 0. The van der Waals surface area contributed by atoms with Gasteiger partial charge >= 0.3 is 11.8 Å². The second-order valence-electron chi connectivity index (χ2n) is 2.81. The number of carbonyl (C=O) groups is 2. The van der Waals surface area contributed by atoms with E-state index in [-0.39, 0.29) is 6.61 Å². The molecule has 0 aromatic rings. The molecule has 0 heterocycles. The number of aliphatic hydroxyl groups excluding tert-OH is 1. The first-order chi connectivity index (χ1) is 6.67. The topological polar surface area (TPSA) is 69.6 Å². The molecule has 0 saturated carbocycles. The maximum absolute atomic E-state index is 11.4. The van der Waals surface area contributed by atoms with Gasteiger partial charge < -0.3 is 15.3 Å². The van der Waals surface area contributed by atoms with Gasteiger partial charge in [0.1, 0.15) is 0 Å². The molecule has 0 aromatic heterocycles. The highest BCUT2D eigenvalue weighted by Crippen LogP contribution is 1.88. The Morgan fingerprint density at radius 3 is 2.29 bits per heavy atom. The van der Waals surface area contributed by atoms with Gasteiger partial charge in [0.05, 0.1) is 0 Å². The van der Waals surface area contributed by atoms with Crippen molar-refractivity contribution in [3.05, 3.63) is 0 Å². The third-order valence-electron chi connectivity index (χ3n) is 1.87. The number of carbonyl (C=O) groups excluding carboxylic acids is 2. The van der Waals surface area contributed by atoms with Gasteiger partial charge in [-0.2, -0.15) is 0 Å². The summed E-state index contributed by atoms with van der Waals surface area (Å²) in [5, 5.41) is 10.9. The van der Waals surface area contributed by atoms with Crippen LogP contribution in [0.25, 0.3) is 0 Å². The van der Waals surface area contributed by atoms with Crippen LogP contribution in [0, 0.1) is 0 Å². The summed E-state index contributed by atoms with van der Waals surface area (Å²) in [5.74, 6) is -1.10. The lowest BCUT2D eigenvalue weighted by atomic mass is 10.4. The predicted molar refractivity (Wildman–Crippen MR) is 52.6 cm³/mol. The van der Waals surface area contributed by atoms with E-state index in [0.29, 0.717) is 26.1 Å². The lowest BCUT2D eigenvalue weighted by molar-refractivity contribution is -0.145. The van der Waals surface area contributed by atoms with Crippen LogP contribution in [0.1, 0.15) is 20.3 Å². The minimum absolute atomic E-state index is 0.0136. The van der Waals surface area contributed by atoms with Crippen LogP contribution in [-0.4, -0.2) is 48.1 Å². The lowest BCUT2D eigenvalue weighted by Gasteiger charge is -2.17. The van der Waals surface area contributed by atoms with E-state index in [9.17, 15) is 9.59 Å². The lowest BCUT2D eigenvalue weighted by Crippen LogP contribution is -2.43. The minimum Gasteiger partial charge on any atom is -0.396 e. The van der Waals surface area contributed by atoms with Crippen molar-refractivity contribution in [1.82, 2.24) is 10.2 Å². The van der Waals surface area contributed by atoms with Crippen LogP contribution in [0.4, 0.5) is 0 Å². The van der Waals surface area contributed by atoms with Crippen LogP contribution in [0.15, 0.2) is 0 Å². The van der Waals surface area contributed by atoms with Crippen LogP contribution < -0.4 is 5.32 Å². The molecule has 0 aromatic carbocycles. The molecule has 0 fully saturated rings. The zero-order chi connectivity index (χ0) is 11.0. The van der Waals surface area contributed by atoms with Gasteiger partial charge in [-0.05, 0) is 20.3 Å². The van der Waals surface area contributed by atoms with Gasteiger partial charge in [0.15, 0.2) is 0 Å². The highest BCUT2D eigenvalue weighted by Gasteiger charge is 2.17. The predicted octanol–water partition coefficient (Wildman–Crippen LogP) is -0.647. The zero-order valence-electron chi connectivity index (χ0n) is 8.75. The third-order valence-corrected chi connectivity index (χ3v) is 1.87. The van der Waals surface area contributed by atoms with E-state index < -0.39 is 11.8 Å². The molecule has 0 aliphatic heterocycles. The number of nitrogens with one attached hydrogen (secondary N) is 1. The normalized spacial score (nSPS) is 9.64. The Bertz CT molecular complexity index is 190. The van der Waals surface area contributed by atoms with E-state index >= 15 is 0 Å². The van der Waals surface area contributed by atoms with E-state index in [0.717, 1.165) is 0 Å². The Morgan fingerprint density at radius 2 is 1.86 bits per heavy atom. The average Bonchev–Trinajstić information content (AvgIpc) is 2.19. The maximum Gasteiger partial charge on any atom is 0.311 e. The molecule has 0 atom stereocenters. The molecule has 0 unspecified atom stereocenters. The van der Waals surface area contributed by atoms with Crippen molar-refractivity contribution in [2.24, 2.45) is 0 Å². The van der Waals surface area contributed by atoms with Gasteiger partial charge in [0, 0.05) is 26.2 Å². The smallest absolute Gasteiger partial charge is 0.311 e. The Morgan fingerprint density at radius 1 is 1.29 bits per heavy atom. The van der Waals surface area contributed by atoms with Crippen LogP contribution in [0.5, 0.6) is 0 Å². The fraction of sp³-hybridized carbons (Fsp3) is 0.778. The first-order valence-corrected chi connectivity index (χ1v) is 4.85. The third kappa shape index (κ3) is 4.23. The Hall–Kier alpha value is -1.10. The fourth-order valence-corrected chi connectivity index (χ4v) is 1.01. The Labute approximate surface area is 84.1 Å². The van der Waals surface area contributed by atoms with E-state index in [1.54, 1.807) is 0 Å². The van der Waals surface area contributed by atoms with Crippen molar-refractivity contribution in [3.8, 4) is 0 Å². The maximum atomic E-state index is 11.4. The Balaban J connectivity index is 3.91. The van der Waals surface area contributed by atoms with Crippen molar-refractivity contribution in [2.75, 3.05) is 26.2 Å². The summed E-state index contributed by atoms with van der Waals surface area (Å²) in [6.45, 7) is 5.05. The summed E-state index contributed by atoms with van der Waals surface area (Å²) in [6.07, 6.45) is 0.470. The molecule has 0 bridgehead atoms. The number of nitrogens with zero attached hydrogens (tertiary/aromatic N) is 1. The quantitative estimate of drug-likeness (QED) is 0.460. The van der Waals surface area contributed by atoms with Crippen molar-refractivity contribution >= 4 is 11.8 Å². The van der Waals surface area contributed by atoms with Gasteiger partial charge in [0.25, 0.3) is 0 Å². The SMILES string of the molecule is CCN(CC)C(=O)C(=O)NCCCO. The van der Waals surface area contributed by atoms with Gasteiger partial charge in [-0.3, -0.25) is 9.59 Å². The molecule has 5 heteroatoms. The standard InChI is InChI=1S/C9H18N2O3/c1-3-11(4-2)9(14)8(13)10-6-5-7-12/h12H,3-7H2,1-2H3,(H,10,13). The van der Waals surface area contributed by atoms with Gasteiger partial charge in [-0.1, -0.05) is 0 Å². The second-order valence-corrected chi connectivity index (χ2v) is 2.81. The van der Waals surface area contributed by atoms with E-state index in [1.165, 1.54) is 4.90 Å². The molecule has 0 radical (unpaired) electrons. The molecular formula is C9H18N2O3. The van der Waals surface area contributed by atoms with E-state index in [4.69, 9.17) is 5.11 Å². The Kier molecular flexibility index (Phi) is 6.74. The molecule has 2 N–H and O–H groups in total. The highest BCUT2D eigenvalue weighted by molar-refractivity contribution is 6.34. The first kappa shape index (κ1) is 12.9. The number of hydrogen-bond acceptors (Lipinski definition) is 3. The van der Waals surface area contributed by atoms with Gasteiger partial charge in [0.2, 0.25) is 0 Å². The number of aliphatic hydroxyl groups is 1. The van der Waals surface area contributed by atoms with Crippen molar-refractivity contribution in [2.45, 2.75) is 20.3 Å². The monoisotopic (exact) mass is 202 g/mol. The molecule has 14 heavy (non-hydrogen) atoms. The molecule has 0 rings (SSSR count). The second kappa shape index (κ2) is 7.32. The number of rotatable bonds is 5. The van der Waals surface area contributed by atoms with Crippen LogP contribution in [0.3, 0.4) is 0 Å². The molecular weight excluding hydrogens is 184 g/mol. The van der Waals surface area contributed by atoms with E-state index in [1.807, 2.05) is 13.8 Å². The van der Waals surface area contributed by atoms with E-state index in [2.05, 4.69) is 5.32 Å². The summed E-state index contributed by atoms with van der Waals surface area (Å²) in [4.78, 5) is 24.0. The van der Waals surface area contributed by atoms with Crippen LogP contribution in [0.2, 0.25) is 0 Å². The van der Waals surface area contributed by atoms with Crippen LogP contribution >= 0.6 is 0 Å². The largest absolute Gasteiger partial charge is 0.396 e. The number of amides is 2. The molecule has 0 aliphatic carbocycles. The summed E-state index contributed by atoms with van der Waals surface area (Å²) in [5.41, 5.74) is 0. The summed E-state index contributed by atoms with van der Waals surface area (Å²) in [7, 11) is 0. The molecule has 0 spiro atoms. The van der Waals surface area contributed by atoms with Crippen molar-refractivity contribution in [3.63, 3.8) is 0 Å². The number of likely N-dealkylation sites (N-methyl/N-ethyl adjacent to an activating group) is 1. The molecule has 2 amide bonds. The van der Waals surface area contributed by atoms with Crippen LogP contribution in [-0.2, 0) is 9.59 Å². The summed E-state index contributed by atoms with van der Waals surface area (Å²) < 4.78 is 0. The molecule has 0 saturated heterocycles. The minimum atomic E-state index is -0.595. The molecule has 5 nitrogen and oxygen atoms in total. The highest BCUT2D eigenvalue weighted by atomic mass is 16.3. The van der Waals surface area contributed by atoms with Gasteiger partial charge in [-0.15, -0.1) is 0 Å². The number of hydrogen-bond donors (Lipinski definition) is 2. The van der Waals surface area contributed by atoms with Crippen molar-refractivity contribution < 1.29 is 14.7 Å².